The van der Waals surface area contributed by atoms with E-state index in [1.165, 1.54) is 0 Å². The van der Waals surface area contributed by atoms with Crippen molar-refractivity contribution in [3.8, 4) is 0 Å². The third kappa shape index (κ3) is 5.33. The van der Waals surface area contributed by atoms with E-state index in [1.54, 1.807) is 0 Å². The number of likely N-dealkylation sites (N-methyl/N-ethyl adjacent to an activating group) is 1. The molecule has 116 valence electrons. The third-order valence-corrected chi connectivity index (χ3v) is 4.61. The van der Waals surface area contributed by atoms with Crippen molar-refractivity contribution >= 4 is 25.9 Å². The SMILES string of the molecule is CN1CCN(C(=P)C(N)COCc2ccc(Cl)cc2)CC1. The third-order valence-electron chi connectivity index (χ3n) is 3.67. The first-order chi connectivity index (χ1) is 10.1. The van der Waals surface area contributed by atoms with Gasteiger partial charge >= 0.3 is 0 Å². The van der Waals surface area contributed by atoms with Crippen LogP contribution in [0.25, 0.3) is 0 Å². The molecule has 1 aliphatic rings. The summed E-state index contributed by atoms with van der Waals surface area (Å²) in [5.74, 6) is 0. The molecule has 0 aromatic heterocycles. The molecule has 0 bridgehead atoms. The van der Waals surface area contributed by atoms with Crippen molar-refractivity contribution < 1.29 is 4.74 Å². The molecule has 6 heteroatoms. The van der Waals surface area contributed by atoms with Crippen LogP contribution in [0.2, 0.25) is 5.02 Å². The number of hydrogen-bond acceptors (Lipinski definition) is 3. The van der Waals surface area contributed by atoms with Crippen LogP contribution in [-0.4, -0.2) is 61.1 Å². The second-order valence-electron chi connectivity index (χ2n) is 5.42. The van der Waals surface area contributed by atoms with Gasteiger partial charge in [0.2, 0.25) is 0 Å². The van der Waals surface area contributed by atoms with Gasteiger partial charge in [-0.1, -0.05) is 23.7 Å². The van der Waals surface area contributed by atoms with Crippen molar-refractivity contribution in [3.05, 3.63) is 34.9 Å². The van der Waals surface area contributed by atoms with E-state index in [0.29, 0.717) is 13.2 Å². The number of ether oxygens (including phenoxy) is 1. The van der Waals surface area contributed by atoms with Crippen LogP contribution in [-0.2, 0) is 11.3 Å². The van der Waals surface area contributed by atoms with Crippen LogP contribution >= 0.6 is 20.5 Å². The van der Waals surface area contributed by atoms with Gasteiger partial charge in [-0.15, -0.1) is 8.86 Å². The predicted molar refractivity (Wildman–Crippen MR) is 91.5 cm³/mol. The van der Waals surface area contributed by atoms with Gasteiger partial charge < -0.3 is 15.4 Å². The summed E-state index contributed by atoms with van der Waals surface area (Å²) in [5.41, 5.74) is 8.31. The average molecular weight is 328 g/mol. The smallest absolute Gasteiger partial charge is 0.0717 e. The van der Waals surface area contributed by atoms with Gasteiger partial charge in [0.25, 0.3) is 0 Å². The highest BCUT2D eigenvalue weighted by atomic mass is 35.5. The van der Waals surface area contributed by atoms with Crippen molar-refractivity contribution in [3.63, 3.8) is 0 Å². The van der Waals surface area contributed by atoms with Crippen molar-refractivity contribution in [2.45, 2.75) is 12.6 Å². The molecule has 0 saturated carbocycles. The largest absolute Gasteiger partial charge is 0.375 e. The average Bonchev–Trinajstić information content (AvgIpc) is 2.49. The van der Waals surface area contributed by atoms with Crippen LogP contribution in [0.15, 0.2) is 24.3 Å². The minimum atomic E-state index is -0.127. The van der Waals surface area contributed by atoms with Gasteiger partial charge in [-0.3, -0.25) is 4.90 Å². The number of halogens is 1. The molecule has 1 aliphatic heterocycles. The molecule has 0 amide bonds. The minimum Gasteiger partial charge on any atom is -0.375 e. The standard InChI is InChI=1S/C15H23ClN3OP/c1-18-6-8-19(9-7-18)15(21)14(17)11-20-10-12-2-4-13(16)5-3-12/h2-5,14,21H,6-11,17H2,1H3. The number of nitrogens with zero attached hydrogens (tertiary/aromatic N) is 2. The summed E-state index contributed by atoms with van der Waals surface area (Å²) in [6.45, 7) is 5.17. The molecule has 0 radical (unpaired) electrons. The second kappa shape index (κ2) is 8.23. The Morgan fingerprint density at radius 2 is 1.90 bits per heavy atom. The topological polar surface area (TPSA) is 41.7 Å². The highest BCUT2D eigenvalue weighted by molar-refractivity contribution is 7.21. The van der Waals surface area contributed by atoms with Crippen LogP contribution < -0.4 is 5.73 Å². The van der Waals surface area contributed by atoms with Gasteiger partial charge in [0, 0.05) is 36.6 Å². The molecule has 0 spiro atoms. The van der Waals surface area contributed by atoms with Gasteiger partial charge in [-0.25, -0.2) is 0 Å². The molecule has 1 aromatic carbocycles. The van der Waals surface area contributed by atoms with Crippen LogP contribution in [0.1, 0.15) is 5.56 Å². The lowest BCUT2D eigenvalue weighted by Gasteiger charge is -2.34. The number of hydrogen-bond donors (Lipinski definition) is 1. The van der Waals surface area contributed by atoms with E-state index in [1.807, 2.05) is 24.3 Å². The summed E-state index contributed by atoms with van der Waals surface area (Å²) in [4.78, 5) is 4.60. The molecule has 1 heterocycles. The quantitative estimate of drug-likeness (QED) is 0.808. The highest BCUT2D eigenvalue weighted by Gasteiger charge is 2.20. The van der Waals surface area contributed by atoms with Gasteiger partial charge in [-0.2, -0.15) is 0 Å². The first-order valence-corrected chi connectivity index (χ1v) is 8.04. The lowest BCUT2D eigenvalue weighted by Crippen LogP contribution is -2.52. The Bertz CT molecular complexity index is 460. The molecule has 1 unspecified atom stereocenters. The van der Waals surface area contributed by atoms with Gasteiger partial charge in [0.05, 0.1) is 19.3 Å². The minimum absolute atomic E-state index is 0.127. The van der Waals surface area contributed by atoms with E-state index in [0.717, 1.165) is 42.2 Å². The van der Waals surface area contributed by atoms with E-state index in [9.17, 15) is 0 Å². The monoisotopic (exact) mass is 327 g/mol. The molecule has 1 saturated heterocycles. The Labute approximate surface area is 134 Å². The van der Waals surface area contributed by atoms with E-state index in [2.05, 4.69) is 25.7 Å². The maximum atomic E-state index is 6.18. The van der Waals surface area contributed by atoms with Crippen LogP contribution in [0.4, 0.5) is 0 Å². The van der Waals surface area contributed by atoms with E-state index < -0.39 is 0 Å². The fourth-order valence-electron chi connectivity index (χ4n) is 2.25. The lowest BCUT2D eigenvalue weighted by molar-refractivity contribution is 0.116. The van der Waals surface area contributed by atoms with E-state index >= 15 is 0 Å². The van der Waals surface area contributed by atoms with Crippen molar-refractivity contribution in [1.29, 1.82) is 0 Å². The predicted octanol–water partition coefficient (Wildman–Crippen LogP) is 1.70. The number of benzene rings is 1. The Hall–Kier alpha value is -0.480. The highest BCUT2D eigenvalue weighted by Crippen LogP contribution is 2.11. The first-order valence-electron chi connectivity index (χ1n) is 7.16. The number of nitrogens with two attached hydrogens (primary N) is 1. The van der Waals surface area contributed by atoms with Crippen LogP contribution in [0, 0.1) is 0 Å². The van der Waals surface area contributed by atoms with Crippen molar-refractivity contribution in [1.82, 2.24) is 9.80 Å². The molecular formula is C15H23ClN3OP. The van der Waals surface area contributed by atoms with Crippen LogP contribution in [0.5, 0.6) is 0 Å². The fourth-order valence-corrected chi connectivity index (χ4v) is 2.68. The molecule has 0 aliphatic carbocycles. The Balaban J connectivity index is 1.72. The molecular weight excluding hydrogens is 305 g/mol. The summed E-state index contributed by atoms with van der Waals surface area (Å²) < 4.78 is 5.70. The Kier molecular flexibility index (Phi) is 6.62. The first kappa shape index (κ1) is 16.9. The van der Waals surface area contributed by atoms with E-state index in [-0.39, 0.29) is 6.04 Å². The fraction of sp³-hybridized carbons (Fsp3) is 0.533. The number of piperazine rings is 1. The van der Waals surface area contributed by atoms with Crippen molar-refractivity contribution in [2.24, 2.45) is 5.73 Å². The molecule has 1 fully saturated rings. The summed E-state index contributed by atoms with van der Waals surface area (Å²) in [6, 6.07) is 7.54. The normalized spacial score (nSPS) is 18.6. The Morgan fingerprint density at radius 3 is 2.52 bits per heavy atom. The van der Waals surface area contributed by atoms with Crippen molar-refractivity contribution in [2.75, 3.05) is 39.8 Å². The summed E-state index contributed by atoms with van der Waals surface area (Å²) in [5, 5.41) is 0.737. The van der Waals surface area contributed by atoms with Gasteiger partial charge in [0.1, 0.15) is 0 Å². The summed E-state index contributed by atoms with van der Waals surface area (Å²) >= 11 is 5.85. The molecule has 2 rings (SSSR count). The summed E-state index contributed by atoms with van der Waals surface area (Å²) in [6.07, 6.45) is 0. The van der Waals surface area contributed by atoms with Gasteiger partial charge in [-0.05, 0) is 24.7 Å². The lowest BCUT2D eigenvalue weighted by atomic mass is 10.2. The van der Waals surface area contributed by atoms with Crippen LogP contribution in [0.3, 0.4) is 0 Å². The molecule has 21 heavy (non-hydrogen) atoms. The zero-order valence-corrected chi connectivity index (χ0v) is 14.1. The summed E-state index contributed by atoms with van der Waals surface area (Å²) in [7, 11) is 5.82. The molecule has 2 N–H and O–H groups in total. The molecule has 1 atom stereocenters. The Morgan fingerprint density at radius 1 is 1.29 bits per heavy atom. The zero-order chi connectivity index (χ0) is 15.2. The number of rotatable bonds is 6. The maximum absolute atomic E-state index is 6.18. The maximum Gasteiger partial charge on any atom is 0.0717 e. The molecule has 4 nitrogen and oxygen atoms in total. The second-order valence-corrected chi connectivity index (χ2v) is 6.37. The molecule has 1 aromatic rings. The van der Waals surface area contributed by atoms with Gasteiger partial charge in [0.15, 0.2) is 0 Å². The zero-order valence-electron chi connectivity index (χ0n) is 12.4. The van der Waals surface area contributed by atoms with E-state index in [4.69, 9.17) is 22.1 Å².